The smallest absolute Gasteiger partial charge is 0.0754 e. The minimum absolute atomic E-state index is 0.482. The highest BCUT2D eigenvalue weighted by molar-refractivity contribution is 4.93. The Labute approximate surface area is 69.4 Å². The lowest BCUT2D eigenvalue weighted by Gasteiger charge is -2.01. The first-order chi connectivity index (χ1) is 5.16. The van der Waals surface area contributed by atoms with Crippen LogP contribution in [0.25, 0.3) is 0 Å². The van der Waals surface area contributed by atoms with Crippen molar-refractivity contribution in [1.29, 1.82) is 0 Å². The Morgan fingerprint density at radius 1 is 1.45 bits per heavy atom. The molecule has 0 saturated carbocycles. The van der Waals surface area contributed by atoms with Crippen LogP contribution in [0.1, 0.15) is 33.6 Å². The van der Waals surface area contributed by atoms with E-state index < -0.39 is 0 Å². The van der Waals surface area contributed by atoms with Crippen LogP contribution in [0.3, 0.4) is 0 Å². The summed E-state index contributed by atoms with van der Waals surface area (Å²) in [6.07, 6.45) is 7.39. The van der Waals surface area contributed by atoms with Gasteiger partial charge < -0.3 is 5.11 Å². The Bertz CT molecular complexity index is 141. The molecule has 1 N–H and O–H groups in total. The minimum Gasteiger partial charge on any atom is -0.516 e. The average molecular weight is 154 g/mol. The number of aliphatic hydroxyl groups is 1. The largest absolute Gasteiger partial charge is 0.516 e. The average Bonchev–Trinajstić information content (AvgIpc) is 1.87. The second-order valence-corrected chi connectivity index (χ2v) is 3.18. The monoisotopic (exact) mass is 154 g/mol. The maximum Gasteiger partial charge on any atom is 0.0754 e. The Kier molecular flexibility index (Phi) is 5.63. The highest BCUT2D eigenvalue weighted by Gasteiger charge is 1.93. The molecule has 0 aromatic carbocycles. The molecule has 0 spiro atoms. The van der Waals surface area contributed by atoms with E-state index in [1.807, 2.05) is 6.08 Å². The fraction of sp³-hybridized carbons (Fsp3) is 0.600. The Morgan fingerprint density at radius 2 is 2.09 bits per heavy atom. The van der Waals surface area contributed by atoms with Gasteiger partial charge in [-0.25, -0.2) is 0 Å². The first-order valence-electron chi connectivity index (χ1n) is 4.11. The summed E-state index contributed by atoms with van der Waals surface area (Å²) in [6.45, 7) is 6.31. The summed E-state index contributed by atoms with van der Waals surface area (Å²) in [6, 6.07) is 0. The van der Waals surface area contributed by atoms with Crippen molar-refractivity contribution in [2.45, 2.75) is 33.6 Å². The molecular weight excluding hydrogens is 136 g/mol. The molecular formula is C10H18O. The van der Waals surface area contributed by atoms with Crippen LogP contribution < -0.4 is 0 Å². The highest BCUT2D eigenvalue weighted by atomic mass is 16.2. The Balaban J connectivity index is 3.46. The second-order valence-electron chi connectivity index (χ2n) is 3.18. The van der Waals surface area contributed by atoms with Gasteiger partial charge in [0, 0.05) is 0 Å². The zero-order valence-electron chi connectivity index (χ0n) is 7.67. The number of hydrogen-bond acceptors (Lipinski definition) is 1. The van der Waals surface area contributed by atoms with Gasteiger partial charge in [0.15, 0.2) is 0 Å². The quantitative estimate of drug-likeness (QED) is 0.486. The van der Waals surface area contributed by atoms with Crippen LogP contribution in [0.4, 0.5) is 0 Å². The van der Waals surface area contributed by atoms with Crippen LogP contribution in [-0.2, 0) is 0 Å². The van der Waals surface area contributed by atoms with E-state index in [4.69, 9.17) is 5.11 Å². The molecule has 0 aromatic heterocycles. The lowest BCUT2D eigenvalue weighted by Crippen LogP contribution is -1.87. The normalized spacial score (nSPS) is 13.4. The van der Waals surface area contributed by atoms with E-state index in [-0.39, 0.29) is 0 Å². The van der Waals surface area contributed by atoms with E-state index in [2.05, 4.69) is 26.8 Å². The summed E-state index contributed by atoms with van der Waals surface area (Å²) in [5.41, 5.74) is 1.37. The van der Waals surface area contributed by atoms with Crippen LogP contribution in [0.2, 0.25) is 0 Å². The van der Waals surface area contributed by atoms with Crippen molar-refractivity contribution in [2.24, 2.45) is 5.92 Å². The molecule has 0 aliphatic carbocycles. The van der Waals surface area contributed by atoms with Crippen LogP contribution >= 0.6 is 0 Å². The molecule has 1 atom stereocenters. The molecule has 0 amide bonds. The summed E-state index contributed by atoms with van der Waals surface area (Å²) in [5, 5.41) is 8.45. The fourth-order valence-electron chi connectivity index (χ4n) is 0.878. The molecule has 64 valence electrons. The van der Waals surface area contributed by atoms with Crippen LogP contribution in [0.5, 0.6) is 0 Å². The summed E-state index contributed by atoms with van der Waals surface area (Å²) in [7, 11) is 0. The lowest BCUT2D eigenvalue weighted by atomic mass is 10.1. The molecule has 0 rings (SSSR count). The van der Waals surface area contributed by atoms with E-state index in [0.717, 1.165) is 19.1 Å². The van der Waals surface area contributed by atoms with E-state index in [1.165, 1.54) is 5.57 Å². The number of allylic oxidation sites excluding steroid dienone is 3. The molecule has 1 unspecified atom stereocenters. The Hall–Kier alpha value is -0.720. The third-order valence-corrected chi connectivity index (χ3v) is 1.59. The standard InChI is InChI=1S/C10H18O/c1-9(2)5-4-6-10(3)7-8-11/h5,7-8,10-11H,4,6H2,1-3H3/b8-7+. The number of aliphatic hydroxyl groups excluding tert-OH is 1. The lowest BCUT2D eigenvalue weighted by molar-refractivity contribution is 0.463. The van der Waals surface area contributed by atoms with Gasteiger partial charge in [-0.3, -0.25) is 0 Å². The molecule has 0 fully saturated rings. The van der Waals surface area contributed by atoms with Crippen molar-refractivity contribution in [3.05, 3.63) is 24.0 Å². The van der Waals surface area contributed by atoms with E-state index in [9.17, 15) is 0 Å². The van der Waals surface area contributed by atoms with Gasteiger partial charge in [-0.1, -0.05) is 18.6 Å². The summed E-state index contributed by atoms with van der Waals surface area (Å²) < 4.78 is 0. The Morgan fingerprint density at radius 3 is 2.55 bits per heavy atom. The highest BCUT2D eigenvalue weighted by Crippen LogP contribution is 2.08. The van der Waals surface area contributed by atoms with Gasteiger partial charge in [-0.05, 0) is 38.7 Å². The van der Waals surface area contributed by atoms with Gasteiger partial charge in [0.05, 0.1) is 6.26 Å². The summed E-state index contributed by atoms with van der Waals surface area (Å²) in [5.74, 6) is 0.482. The molecule has 0 saturated heterocycles. The maximum atomic E-state index is 8.45. The van der Waals surface area contributed by atoms with Crippen LogP contribution in [0, 0.1) is 5.92 Å². The van der Waals surface area contributed by atoms with Crippen molar-refractivity contribution in [3.63, 3.8) is 0 Å². The molecule has 0 aromatic rings. The van der Waals surface area contributed by atoms with E-state index in [1.54, 1.807) is 0 Å². The molecule has 1 heteroatoms. The third kappa shape index (κ3) is 7.17. The second kappa shape index (κ2) is 6.02. The molecule has 1 nitrogen and oxygen atoms in total. The summed E-state index contributed by atoms with van der Waals surface area (Å²) >= 11 is 0. The molecule has 0 aliphatic rings. The molecule has 0 bridgehead atoms. The van der Waals surface area contributed by atoms with Crippen molar-refractivity contribution >= 4 is 0 Å². The predicted octanol–water partition coefficient (Wildman–Crippen LogP) is 3.44. The van der Waals surface area contributed by atoms with Crippen molar-refractivity contribution in [1.82, 2.24) is 0 Å². The van der Waals surface area contributed by atoms with Gasteiger partial charge in [0.25, 0.3) is 0 Å². The third-order valence-electron chi connectivity index (χ3n) is 1.59. The first-order valence-corrected chi connectivity index (χ1v) is 4.11. The maximum absolute atomic E-state index is 8.45. The van der Waals surface area contributed by atoms with Crippen molar-refractivity contribution in [2.75, 3.05) is 0 Å². The predicted molar refractivity (Wildman–Crippen MR) is 49.6 cm³/mol. The molecule has 0 heterocycles. The summed E-state index contributed by atoms with van der Waals surface area (Å²) in [4.78, 5) is 0. The van der Waals surface area contributed by atoms with Gasteiger partial charge in [0.1, 0.15) is 0 Å². The molecule has 11 heavy (non-hydrogen) atoms. The fourth-order valence-corrected chi connectivity index (χ4v) is 0.878. The SMILES string of the molecule is CC(C)=CCCC(C)/C=C/O. The van der Waals surface area contributed by atoms with Gasteiger partial charge in [0.2, 0.25) is 0 Å². The first kappa shape index (κ1) is 10.3. The number of hydrogen-bond donors (Lipinski definition) is 1. The molecule has 0 aliphatic heterocycles. The van der Waals surface area contributed by atoms with E-state index in [0.29, 0.717) is 5.92 Å². The molecule has 0 radical (unpaired) electrons. The van der Waals surface area contributed by atoms with Crippen molar-refractivity contribution < 1.29 is 5.11 Å². The minimum atomic E-state index is 0.482. The van der Waals surface area contributed by atoms with Crippen molar-refractivity contribution in [3.8, 4) is 0 Å². The zero-order valence-corrected chi connectivity index (χ0v) is 7.67. The van der Waals surface area contributed by atoms with Gasteiger partial charge in [-0.2, -0.15) is 0 Å². The van der Waals surface area contributed by atoms with E-state index >= 15 is 0 Å². The van der Waals surface area contributed by atoms with Crippen LogP contribution in [0.15, 0.2) is 24.0 Å². The topological polar surface area (TPSA) is 20.2 Å². The van der Waals surface area contributed by atoms with Gasteiger partial charge >= 0.3 is 0 Å². The van der Waals surface area contributed by atoms with Gasteiger partial charge in [-0.15, -0.1) is 0 Å². The zero-order chi connectivity index (χ0) is 8.69. The number of rotatable bonds is 4. The van der Waals surface area contributed by atoms with Crippen LogP contribution in [-0.4, -0.2) is 5.11 Å².